The number of carboxylic acids is 1. The monoisotopic (exact) mass is 708 g/mol. The summed E-state index contributed by atoms with van der Waals surface area (Å²) in [5.41, 5.74) is 7.16. The van der Waals surface area contributed by atoms with E-state index in [4.69, 9.17) is 9.84 Å². The average molecular weight is 709 g/mol. The third-order valence-corrected chi connectivity index (χ3v) is 11.6. The number of aliphatic hydroxyl groups is 2. The van der Waals surface area contributed by atoms with Crippen molar-refractivity contribution in [1.82, 2.24) is 19.1 Å². The molecule has 2 aliphatic carbocycles. The molecule has 8 rings (SSSR count). The molecule has 4 heterocycles. The second kappa shape index (κ2) is 17.8. The van der Waals surface area contributed by atoms with E-state index in [2.05, 4.69) is 49.4 Å². The summed E-state index contributed by atoms with van der Waals surface area (Å²) in [6.07, 6.45) is 14.4. The summed E-state index contributed by atoms with van der Waals surface area (Å²) in [4.78, 5) is 31.3. The third-order valence-electron chi connectivity index (χ3n) is 11.6. The number of rotatable bonds is 8. The Bertz CT molecular complexity index is 1780. The van der Waals surface area contributed by atoms with Crippen LogP contribution in [0, 0.1) is 23.7 Å². The smallest absolute Gasteiger partial charge is 0.870 e. The standard InChI is InChI=1S/C20H24N2O3.C19H22N2O3.Li.2H2O/c1-25-20(24)14-8-6-13(7-9-14)19(23)10-17-15-4-2-3-5-16(15)18-11-21-12-22(17)18;22-18(12-5-7-13(8-6-12)19(23)24)9-16-14-3-1-2-4-15(14)17-10-20-11-21(16)17;;;/h2-5,11-14,17,19,23H,6-10H2,1H3;1-4,10-13,16,18,22H,5-9H2,(H,23,24);;2*1H2/q;;+1;;/p-1. The maximum absolute atomic E-state index is 11.7. The summed E-state index contributed by atoms with van der Waals surface area (Å²) < 4.78 is 9.17. The Morgan fingerprint density at radius 3 is 1.54 bits per heavy atom. The number of hydrogen-bond acceptors (Lipinski definition) is 8. The number of nitrogens with zero attached hydrogens (tertiary/aromatic N) is 4. The molecule has 4 atom stereocenters. The van der Waals surface area contributed by atoms with Crippen LogP contribution in [0.2, 0.25) is 0 Å². The van der Waals surface area contributed by atoms with E-state index in [0.717, 1.165) is 49.9 Å². The molecule has 2 fully saturated rings. The molecule has 0 bridgehead atoms. The Balaban J connectivity index is 0.000000220. The number of ether oxygens (including phenoxy) is 1. The molecular weight excluding hydrogens is 659 g/mol. The molecule has 0 spiro atoms. The zero-order valence-electron chi connectivity index (χ0n) is 29.9. The number of carboxylic acid groups (broad SMARTS) is 1. The van der Waals surface area contributed by atoms with Crippen LogP contribution in [0.15, 0.2) is 73.6 Å². The number of hydrogen-bond donors (Lipinski definition) is 3. The van der Waals surface area contributed by atoms with E-state index in [0.29, 0.717) is 25.7 Å². The first-order valence-electron chi connectivity index (χ1n) is 17.7. The van der Waals surface area contributed by atoms with Crippen molar-refractivity contribution in [2.45, 2.75) is 88.5 Å². The van der Waals surface area contributed by atoms with Crippen LogP contribution in [0.25, 0.3) is 22.5 Å². The largest absolute Gasteiger partial charge is 1.00 e. The molecule has 0 radical (unpaired) electrons. The molecule has 4 aromatic rings. The second-order valence-corrected chi connectivity index (χ2v) is 14.3. The number of carbonyl (C=O) groups is 2. The Hall–Kier alpha value is -3.76. The summed E-state index contributed by atoms with van der Waals surface area (Å²) in [6, 6.07) is 16.9. The molecule has 6 N–H and O–H groups in total. The van der Waals surface area contributed by atoms with Gasteiger partial charge in [-0.05, 0) is 87.2 Å². The van der Waals surface area contributed by atoms with E-state index < -0.39 is 12.1 Å². The van der Waals surface area contributed by atoms with Crippen LogP contribution in [0.1, 0.15) is 87.4 Å². The van der Waals surface area contributed by atoms with E-state index in [1.807, 2.05) is 43.2 Å². The van der Waals surface area contributed by atoms with Gasteiger partial charge in [0.05, 0.1) is 79.7 Å². The zero-order valence-corrected chi connectivity index (χ0v) is 29.9. The SMILES string of the molecule is COC(=O)C1CCC(C(O)CC2c3ccccc3-c3cncn32)CC1.O.O=C(O)C1CCC(C(O)CC2c3ccccc3-c3cncn32)CC1.[Li+].[OH-]. The number of aliphatic carboxylic acids is 1. The van der Waals surface area contributed by atoms with Gasteiger partial charge in [-0.15, -0.1) is 0 Å². The molecule has 2 saturated carbocycles. The van der Waals surface area contributed by atoms with E-state index in [9.17, 15) is 19.8 Å². The number of aliphatic hydroxyl groups excluding tert-OH is 2. The minimum atomic E-state index is -0.698. The van der Waals surface area contributed by atoms with Crippen molar-refractivity contribution in [3.8, 4) is 22.5 Å². The van der Waals surface area contributed by atoms with Crippen LogP contribution >= 0.6 is 0 Å². The molecule has 12 nitrogen and oxygen atoms in total. The van der Waals surface area contributed by atoms with Gasteiger partial charge < -0.3 is 40.1 Å². The van der Waals surface area contributed by atoms with Crippen molar-refractivity contribution in [2.75, 3.05) is 7.11 Å². The maximum Gasteiger partial charge on any atom is 1.00 e. The van der Waals surface area contributed by atoms with Crippen LogP contribution < -0.4 is 18.9 Å². The van der Waals surface area contributed by atoms with Crippen molar-refractivity contribution in [3.63, 3.8) is 0 Å². The van der Waals surface area contributed by atoms with Gasteiger partial charge in [-0.25, -0.2) is 9.97 Å². The molecule has 2 aliphatic heterocycles. The van der Waals surface area contributed by atoms with E-state index in [1.165, 1.54) is 29.4 Å². The Labute approximate surface area is 316 Å². The fourth-order valence-corrected chi connectivity index (χ4v) is 8.85. The molecule has 0 saturated heterocycles. The minimum Gasteiger partial charge on any atom is -0.870 e. The average Bonchev–Trinajstić information content (AvgIpc) is 3.93. The van der Waals surface area contributed by atoms with E-state index in [-0.39, 0.29) is 77.6 Å². The second-order valence-electron chi connectivity index (χ2n) is 14.3. The topological polar surface area (TPSA) is 201 Å². The van der Waals surface area contributed by atoms with Gasteiger partial charge in [0, 0.05) is 11.1 Å². The molecule has 2 aromatic heterocycles. The van der Waals surface area contributed by atoms with Gasteiger partial charge in [0.25, 0.3) is 0 Å². The van der Waals surface area contributed by atoms with E-state index in [1.54, 1.807) is 0 Å². The van der Waals surface area contributed by atoms with Crippen LogP contribution in [-0.2, 0) is 14.3 Å². The Kier molecular flexibility index (Phi) is 14.1. The van der Waals surface area contributed by atoms with Crippen molar-refractivity contribution in [1.29, 1.82) is 0 Å². The van der Waals surface area contributed by atoms with Crippen molar-refractivity contribution >= 4 is 11.9 Å². The van der Waals surface area contributed by atoms with Gasteiger partial charge in [-0.3, -0.25) is 9.59 Å². The summed E-state index contributed by atoms with van der Waals surface area (Å²) in [5, 5.41) is 30.7. The fraction of sp³-hybridized carbons (Fsp3) is 0.487. The number of benzene rings is 2. The van der Waals surface area contributed by atoms with Gasteiger partial charge in [0.2, 0.25) is 0 Å². The summed E-state index contributed by atoms with van der Waals surface area (Å²) >= 11 is 0. The molecule has 4 aliphatic rings. The first-order chi connectivity index (χ1) is 23.8. The number of methoxy groups -OCH3 is 1. The molecular formula is C39H49LiN4O8. The van der Waals surface area contributed by atoms with Crippen LogP contribution in [0.4, 0.5) is 0 Å². The number of esters is 1. The quantitative estimate of drug-likeness (QED) is 0.181. The zero-order chi connectivity index (χ0) is 34.1. The normalized spacial score (nSPS) is 24.8. The van der Waals surface area contributed by atoms with Crippen LogP contribution in [0.5, 0.6) is 0 Å². The summed E-state index contributed by atoms with van der Waals surface area (Å²) in [6.45, 7) is 0. The minimum absolute atomic E-state index is 0. The van der Waals surface area contributed by atoms with E-state index >= 15 is 0 Å². The first kappa shape index (κ1) is 41.0. The van der Waals surface area contributed by atoms with Gasteiger partial charge in [0.15, 0.2) is 0 Å². The number of aromatic nitrogens is 4. The third kappa shape index (κ3) is 8.08. The van der Waals surface area contributed by atoms with Crippen LogP contribution in [-0.4, -0.2) is 76.6 Å². The van der Waals surface area contributed by atoms with Gasteiger partial charge in [-0.2, -0.15) is 0 Å². The first-order valence-corrected chi connectivity index (χ1v) is 17.7. The molecule has 2 aromatic carbocycles. The van der Waals surface area contributed by atoms with Gasteiger partial charge in [0.1, 0.15) is 0 Å². The summed E-state index contributed by atoms with van der Waals surface area (Å²) in [7, 11) is 1.45. The molecule has 4 unspecified atom stereocenters. The number of carbonyl (C=O) groups excluding carboxylic acids is 1. The molecule has 13 heteroatoms. The van der Waals surface area contributed by atoms with Crippen molar-refractivity contribution in [3.05, 3.63) is 84.7 Å². The predicted octanol–water partition coefficient (Wildman–Crippen LogP) is 2.28. The molecule has 52 heavy (non-hydrogen) atoms. The summed E-state index contributed by atoms with van der Waals surface area (Å²) in [5.74, 6) is -0.598. The number of fused-ring (bicyclic) bond motifs is 6. The van der Waals surface area contributed by atoms with Crippen molar-refractivity contribution < 1.29 is 59.5 Å². The number of imidazole rings is 2. The molecule has 274 valence electrons. The van der Waals surface area contributed by atoms with Crippen molar-refractivity contribution in [2.24, 2.45) is 23.7 Å². The Morgan fingerprint density at radius 1 is 0.731 bits per heavy atom. The molecule has 0 amide bonds. The predicted molar refractivity (Wildman–Crippen MR) is 189 cm³/mol. The fourth-order valence-electron chi connectivity index (χ4n) is 8.85. The Morgan fingerprint density at radius 2 is 1.13 bits per heavy atom. The van der Waals surface area contributed by atoms with Gasteiger partial charge in [-0.1, -0.05) is 48.5 Å². The van der Waals surface area contributed by atoms with Crippen LogP contribution in [0.3, 0.4) is 0 Å². The van der Waals surface area contributed by atoms with Gasteiger partial charge >= 0.3 is 30.8 Å². The maximum atomic E-state index is 11.7.